The van der Waals surface area contributed by atoms with Gasteiger partial charge in [0.05, 0.1) is 7.11 Å². The number of hydrogen-bond acceptors (Lipinski definition) is 6. The lowest BCUT2D eigenvalue weighted by Gasteiger charge is -2.36. The number of aromatic nitrogens is 1. The SMILES string of the molecule is COC(=O)c1cc2ccccc2c(CN2CCN(c3ccncc3)CC2)c1O. The number of rotatable bonds is 4. The summed E-state index contributed by atoms with van der Waals surface area (Å²) in [5, 5.41) is 12.7. The third-order valence-electron chi connectivity index (χ3n) is 5.31. The van der Waals surface area contributed by atoms with Crippen molar-refractivity contribution in [2.45, 2.75) is 6.54 Å². The number of methoxy groups -OCH3 is 1. The van der Waals surface area contributed by atoms with Crippen molar-refractivity contribution in [1.29, 1.82) is 0 Å². The van der Waals surface area contributed by atoms with Crippen LogP contribution in [-0.2, 0) is 11.3 Å². The van der Waals surface area contributed by atoms with Crippen molar-refractivity contribution in [3.63, 3.8) is 0 Å². The lowest BCUT2D eigenvalue weighted by molar-refractivity contribution is 0.0597. The van der Waals surface area contributed by atoms with Crippen molar-refractivity contribution < 1.29 is 14.6 Å². The Hall–Kier alpha value is -3.12. The average molecular weight is 377 g/mol. The smallest absolute Gasteiger partial charge is 0.341 e. The number of phenolic OH excluding ortho intramolecular Hbond substituents is 1. The zero-order valence-electron chi connectivity index (χ0n) is 15.8. The van der Waals surface area contributed by atoms with Gasteiger partial charge < -0.3 is 14.7 Å². The fraction of sp³-hybridized carbons (Fsp3) is 0.273. The third-order valence-corrected chi connectivity index (χ3v) is 5.31. The molecule has 1 aliphatic rings. The highest BCUT2D eigenvalue weighted by atomic mass is 16.5. The summed E-state index contributed by atoms with van der Waals surface area (Å²) in [7, 11) is 1.33. The van der Waals surface area contributed by atoms with Crippen LogP contribution < -0.4 is 4.90 Å². The average Bonchev–Trinajstić information content (AvgIpc) is 2.76. The van der Waals surface area contributed by atoms with Crippen LogP contribution >= 0.6 is 0 Å². The number of phenols is 1. The van der Waals surface area contributed by atoms with Crippen molar-refractivity contribution in [2.75, 3.05) is 38.2 Å². The Morgan fingerprint density at radius 2 is 1.82 bits per heavy atom. The van der Waals surface area contributed by atoms with Gasteiger partial charge in [-0.3, -0.25) is 9.88 Å². The van der Waals surface area contributed by atoms with Gasteiger partial charge in [0.15, 0.2) is 0 Å². The monoisotopic (exact) mass is 377 g/mol. The van der Waals surface area contributed by atoms with Gasteiger partial charge in [-0.05, 0) is 29.0 Å². The molecule has 1 N–H and O–H groups in total. The highest BCUT2D eigenvalue weighted by molar-refractivity contribution is 6.00. The third kappa shape index (κ3) is 3.51. The van der Waals surface area contributed by atoms with Crippen molar-refractivity contribution in [1.82, 2.24) is 9.88 Å². The molecule has 1 aromatic heterocycles. The minimum Gasteiger partial charge on any atom is -0.507 e. The Kier molecular flexibility index (Phi) is 5.12. The Morgan fingerprint density at radius 1 is 1.11 bits per heavy atom. The molecule has 0 saturated carbocycles. The van der Waals surface area contributed by atoms with E-state index in [0.717, 1.165) is 42.5 Å². The Bertz CT molecular complexity index is 983. The molecule has 6 heteroatoms. The Morgan fingerprint density at radius 3 is 2.54 bits per heavy atom. The molecule has 0 aliphatic carbocycles. The van der Waals surface area contributed by atoms with Gasteiger partial charge in [0.25, 0.3) is 0 Å². The quantitative estimate of drug-likeness (QED) is 0.705. The van der Waals surface area contributed by atoms with Gasteiger partial charge in [-0.1, -0.05) is 24.3 Å². The number of pyridine rings is 1. The molecule has 2 heterocycles. The fourth-order valence-corrected chi connectivity index (χ4v) is 3.78. The largest absolute Gasteiger partial charge is 0.507 e. The lowest BCUT2D eigenvalue weighted by atomic mass is 9.98. The molecule has 144 valence electrons. The molecule has 1 aliphatic heterocycles. The summed E-state index contributed by atoms with van der Waals surface area (Å²) in [6, 6.07) is 13.6. The second-order valence-corrected chi connectivity index (χ2v) is 6.93. The van der Waals surface area contributed by atoms with E-state index in [0.29, 0.717) is 6.54 Å². The second kappa shape index (κ2) is 7.86. The Balaban J connectivity index is 1.58. The maximum absolute atomic E-state index is 12.1. The van der Waals surface area contributed by atoms with Gasteiger partial charge in [0.1, 0.15) is 11.3 Å². The van der Waals surface area contributed by atoms with E-state index in [1.807, 2.05) is 48.8 Å². The van der Waals surface area contributed by atoms with E-state index in [1.54, 1.807) is 6.07 Å². The first-order chi connectivity index (χ1) is 13.7. The highest BCUT2D eigenvalue weighted by Gasteiger charge is 2.22. The summed E-state index contributed by atoms with van der Waals surface area (Å²) >= 11 is 0. The van der Waals surface area contributed by atoms with Crippen molar-refractivity contribution in [2.24, 2.45) is 0 Å². The van der Waals surface area contributed by atoms with Crippen LogP contribution in [0.5, 0.6) is 5.75 Å². The molecule has 0 radical (unpaired) electrons. The van der Waals surface area contributed by atoms with Crippen molar-refractivity contribution in [3.8, 4) is 5.75 Å². The molecule has 0 bridgehead atoms. The van der Waals surface area contributed by atoms with Gasteiger partial charge in [0, 0.05) is 56.4 Å². The van der Waals surface area contributed by atoms with Gasteiger partial charge in [-0.25, -0.2) is 4.79 Å². The van der Waals surface area contributed by atoms with E-state index in [4.69, 9.17) is 4.74 Å². The van der Waals surface area contributed by atoms with Crippen molar-refractivity contribution >= 4 is 22.4 Å². The summed E-state index contributed by atoms with van der Waals surface area (Å²) < 4.78 is 4.85. The molecule has 3 aromatic rings. The van der Waals surface area contributed by atoms with Crippen LogP contribution in [0.25, 0.3) is 10.8 Å². The second-order valence-electron chi connectivity index (χ2n) is 6.93. The predicted octanol–water partition coefficient (Wildman–Crippen LogP) is 3.05. The first kappa shape index (κ1) is 18.3. The summed E-state index contributed by atoms with van der Waals surface area (Å²) in [4.78, 5) is 20.8. The molecule has 28 heavy (non-hydrogen) atoms. The summed E-state index contributed by atoms with van der Waals surface area (Å²) in [6.07, 6.45) is 3.62. The van der Waals surface area contributed by atoms with E-state index in [-0.39, 0.29) is 11.3 Å². The normalized spacial score (nSPS) is 15.0. The van der Waals surface area contributed by atoms with Crippen LogP contribution in [0, 0.1) is 0 Å². The number of piperazine rings is 1. The van der Waals surface area contributed by atoms with Crippen LogP contribution in [0.1, 0.15) is 15.9 Å². The first-order valence-electron chi connectivity index (χ1n) is 9.36. The number of ether oxygens (including phenoxy) is 1. The standard InChI is InChI=1S/C22H23N3O3/c1-28-22(27)19-14-16-4-2-3-5-18(16)20(21(19)26)15-24-10-12-25(13-11-24)17-6-8-23-9-7-17/h2-9,14,26H,10-13,15H2,1H3. The van der Waals surface area contributed by atoms with Crippen LogP contribution in [-0.4, -0.2) is 54.2 Å². The Labute approximate surface area is 164 Å². The van der Waals surface area contributed by atoms with Crippen molar-refractivity contribution in [3.05, 3.63) is 66.0 Å². The number of anilines is 1. The summed E-state index contributed by atoms with van der Waals surface area (Å²) in [5.74, 6) is -0.505. The molecule has 4 rings (SSSR count). The zero-order chi connectivity index (χ0) is 19.5. The van der Waals surface area contributed by atoms with E-state index >= 15 is 0 Å². The number of benzene rings is 2. The van der Waals surface area contributed by atoms with E-state index in [1.165, 1.54) is 12.8 Å². The lowest BCUT2D eigenvalue weighted by Crippen LogP contribution is -2.46. The number of hydrogen-bond donors (Lipinski definition) is 1. The molecule has 1 fully saturated rings. The first-order valence-corrected chi connectivity index (χ1v) is 9.36. The fourth-order valence-electron chi connectivity index (χ4n) is 3.78. The summed E-state index contributed by atoms with van der Waals surface area (Å²) in [6.45, 7) is 4.14. The van der Waals surface area contributed by atoms with E-state index in [2.05, 4.69) is 14.8 Å². The number of carbonyl (C=O) groups is 1. The molecule has 6 nitrogen and oxygen atoms in total. The number of fused-ring (bicyclic) bond motifs is 1. The van der Waals surface area contributed by atoms with Gasteiger partial charge in [-0.2, -0.15) is 0 Å². The molecule has 0 spiro atoms. The highest BCUT2D eigenvalue weighted by Crippen LogP contribution is 2.33. The zero-order valence-corrected chi connectivity index (χ0v) is 15.8. The molecule has 0 atom stereocenters. The van der Waals surface area contributed by atoms with Crippen LogP contribution in [0.2, 0.25) is 0 Å². The molecule has 0 amide bonds. The number of nitrogens with zero attached hydrogens (tertiary/aromatic N) is 3. The molecule has 1 saturated heterocycles. The van der Waals surface area contributed by atoms with E-state index in [9.17, 15) is 9.90 Å². The predicted molar refractivity (Wildman–Crippen MR) is 109 cm³/mol. The minimum atomic E-state index is -0.521. The topological polar surface area (TPSA) is 65.9 Å². The molecular weight excluding hydrogens is 354 g/mol. The molecular formula is C22H23N3O3. The number of esters is 1. The maximum atomic E-state index is 12.1. The summed E-state index contributed by atoms with van der Waals surface area (Å²) in [5.41, 5.74) is 2.16. The minimum absolute atomic E-state index is 0.0158. The van der Waals surface area contributed by atoms with Gasteiger partial charge in [-0.15, -0.1) is 0 Å². The number of aromatic hydroxyl groups is 1. The van der Waals surface area contributed by atoms with Gasteiger partial charge in [0.2, 0.25) is 0 Å². The molecule has 0 unspecified atom stereocenters. The van der Waals surface area contributed by atoms with Crippen LogP contribution in [0.3, 0.4) is 0 Å². The molecule has 2 aromatic carbocycles. The van der Waals surface area contributed by atoms with Gasteiger partial charge >= 0.3 is 5.97 Å². The van der Waals surface area contributed by atoms with E-state index < -0.39 is 5.97 Å². The van der Waals surface area contributed by atoms with Crippen LogP contribution in [0.4, 0.5) is 5.69 Å². The maximum Gasteiger partial charge on any atom is 0.341 e. The van der Waals surface area contributed by atoms with Crippen LogP contribution in [0.15, 0.2) is 54.9 Å². The number of carbonyl (C=O) groups excluding carboxylic acids is 1.